The van der Waals surface area contributed by atoms with Crippen LogP contribution in [-0.2, 0) is 12.8 Å². The van der Waals surface area contributed by atoms with E-state index in [0.29, 0.717) is 17.6 Å². The summed E-state index contributed by atoms with van der Waals surface area (Å²) in [6.07, 6.45) is 8.78. The highest BCUT2D eigenvalue weighted by Crippen LogP contribution is 2.38. The summed E-state index contributed by atoms with van der Waals surface area (Å²) in [5, 5.41) is 4.00. The summed E-state index contributed by atoms with van der Waals surface area (Å²) in [7, 11) is 4.54. The number of aryl methyl sites for hydroxylation is 1. The number of nitrogens with zero attached hydrogens (tertiary/aromatic N) is 1. The van der Waals surface area contributed by atoms with E-state index in [1.54, 1.807) is 11.1 Å². The Labute approximate surface area is 182 Å². The maximum Gasteiger partial charge on any atom is 0.0328 e. The predicted molar refractivity (Wildman–Crippen MR) is 124 cm³/mol. The number of fused-ring (bicyclic) bond motifs is 1. The van der Waals surface area contributed by atoms with E-state index in [9.17, 15) is 0 Å². The molecule has 4 heteroatoms. The van der Waals surface area contributed by atoms with Crippen molar-refractivity contribution in [3.63, 3.8) is 0 Å². The normalized spacial score (nSPS) is 26.2. The molecule has 1 fully saturated rings. The first-order valence-electron chi connectivity index (χ1n) is 10.2. The molecule has 0 spiro atoms. The van der Waals surface area contributed by atoms with Gasteiger partial charge >= 0.3 is 0 Å². The summed E-state index contributed by atoms with van der Waals surface area (Å²) in [5.74, 6) is 0. The van der Waals surface area contributed by atoms with Gasteiger partial charge in [-0.15, -0.1) is 24.8 Å². The second kappa shape index (κ2) is 10.1. The first-order valence-corrected chi connectivity index (χ1v) is 10.2. The summed E-state index contributed by atoms with van der Waals surface area (Å²) < 4.78 is 0. The molecule has 0 saturated heterocycles. The molecule has 0 aromatic heterocycles. The van der Waals surface area contributed by atoms with Crippen LogP contribution in [0, 0.1) is 0 Å². The zero-order chi connectivity index (χ0) is 18.0. The zero-order valence-corrected chi connectivity index (χ0v) is 18.7. The van der Waals surface area contributed by atoms with Gasteiger partial charge in [0.1, 0.15) is 0 Å². The lowest BCUT2D eigenvalue weighted by Crippen LogP contribution is -2.51. The molecule has 2 nitrogen and oxygen atoms in total. The van der Waals surface area contributed by atoms with E-state index in [0.717, 1.165) is 0 Å². The average molecular weight is 421 g/mol. The van der Waals surface area contributed by atoms with Crippen LogP contribution in [0.25, 0.3) is 0 Å². The van der Waals surface area contributed by atoms with Crippen LogP contribution in [0.3, 0.4) is 0 Å². The number of halogens is 2. The standard InChI is InChI=1S/C24H32N2.2ClH/c1-26(2)24(18-19-8-4-3-5-9-19)16-14-21(15-17-24)25-23-13-12-20-10-6-7-11-22(20)23;;/h3-11,21,23,25H,12-18H2,1-2H3;2*1H. The van der Waals surface area contributed by atoms with Crippen molar-refractivity contribution in [2.75, 3.05) is 14.1 Å². The van der Waals surface area contributed by atoms with Crippen LogP contribution in [0.1, 0.15) is 54.8 Å². The molecular formula is C24H34Cl2N2. The molecule has 1 atom stereocenters. The molecule has 2 aromatic rings. The van der Waals surface area contributed by atoms with Gasteiger partial charge in [0, 0.05) is 17.6 Å². The van der Waals surface area contributed by atoms with Crippen molar-refractivity contribution >= 4 is 24.8 Å². The topological polar surface area (TPSA) is 15.3 Å². The number of likely N-dealkylation sites (N-methyl/N-ethyl adjacent to an activating group) is 1. The summed E-state index contributed by atoms with van der Waals surface area (Å²) in [6, 6.07) is 21.2. The molecule has 28 heavy (non-hydrogen) atoms. The van der Waals surface area contributed by atoms with Crippen molar-refractivity contribution in [1.82, 2.24) is 10.2 Å². The van der Waals surface area contributed by atoms with Crippen molar-refractivity contribution in [2.45, 2.75) is 62.6 Å². The third-order valence-electron chi connectivity index (χ3n) is 6.81. The van der Waals surface area contributed by atoms with E-state index in [1.165, 1.54) is 50.5 Å². The smallest absolute Gasteiger partial charge is 0.0328 e. The molecule has 1 N–H and O–H groups in total. The Kier molecular flexibility index (Phi) is 8.39. The molecule has 2 aromatic carbocycles. The quantitative estimate of drug-likeness (QED) is 0.677. The van der Waals surface area contributed by atoms with Crippen molar-refractivity contribution < 1.29 is 0 Å². The van der Waals surface area contributed by atoms with Crippen molar-refractivity contribution in [1.29, 1.82) is 0 Å². The van der Waals surface area contributed by atoms with Gasteiger partial charge in [0.25, 0.3) is 0 Å². The van der Waals surface area contributed by atoms with Gasteiger partial charge in [-0.05, 0) is 75.7 Å². The van der Waals surface area contributed by atoms with Crippen LogP contribution in [0.5, 0.6) is 0 Å². The third kappa shape index (κ3) is 4.91. The van der Waals surface area contributed by atoms with Crippen LogP contribution in [0.4, 0.5) is 0 Å². The van der Waals surface area contributed by atoms with Gasteiger partial charge < -0.3 is 10.2 Å². The van der Waals surface area contributed by atoms with Gasteiger partial charge in [0.05, 0.1) is 0 Å². The Bertz CT molecular complexity index is 724. The second-order valence-electron chi connectivity index (χ2n) is 8.51. The Morgan fingerprint density at radius 1 is 0.893 bits per heavy atom. The Hall–Kier alpha value is -1.06. The molecule has 0 heterocycles. The van der Waals surface area contributed by atoms with E-state index in [1.807, 2.05) is 0 Å². The highest BCUT2D eigenvalue weighted by Gasteiger charge is 2.38. The van der Waals surface area contributed by atoms with Gasteiger partial charge in [-0.3, -0.25) is 0 Å². The zero-order valence-electron chi connectivity index (χ0n) is 17.1. The largest absolute Gasteiger partial charge is 0.307 e. The van der Waals surface area contributed by atoms with Crippen LogP contribution in [-0.4, -0.2) is 30.6 Å². The van der Waals surface area contributed by atoms with E-state index in [-0.39, 0.29) is 24.8 Å². The molecule has 0 bridgehead atoms. The molecule has 1 unspecified atom stereocenters. The van der Waals surface area contributed by atoms with Crippen molar-refractivity contribution in [2.24, 2.45) is 0 Å². The Balaban J connectivity index is 0.00000140. The molecule has 2 aliphatic rings. The fraction of sp³-hybridized carbons (Fsp3) is 0.500. The Morgan fingerprint density at radius 2 is 1.54 bits per heavy atom. The molecular weight excluding hydrogens is 387 g/mol. The van der Waals surface area contributed by atoms with E-state index >= 15 is 0 Å². The van der Waals surface area contributed by atoms with Gasteiger partial charge in [-0.25, -0.2) is 0 Å². The maximum absolute atomic E-state index is 4.00. The fourth-order valence-corrected chi connectivity index (χ4v) is 5.09. The number of hydrogen-bond acceptors (Lipinski definition) is 2. The summed E-state index contributed by atoms with van der Waals surface area (Å²) >= 11 is 0. The second-order valence-corrected chi connectivity index (χ2v) is 8.51. The molecule has 0 amide bonds. The minimum absolute atomic E-state index is 0. The average Bonchev–Trinajstić information content (AvgIpc) is 3.07. The van der Waals surface area contributed by atoms with E-state index in [4.69, 9.17) is 0 Å². The van der Waals surface area contributed by atoms with Gasteiger partial charge in [0.2, 0.25) is 0 Å². The summed E-state index contributed by atoms with van der Waals surface area (Å²) in [4.78, 5) is 2.49. The van der Waals surface area contributed by atoms with Crippen LogP contribution in [0.15, 0.2) is 54.6 Å². The monoisotopic (exact) mass is 420 g/mol. The molecule has 2 aliphatic carbocycles. The lowest BCUT2D eigenvalue weighted by atomic mass is 9.74. The molecule has 0 radical (unpaired) electrons. The number of rotatable bonds is 5. The minimum atomic E-state index is 0. The van der Waals surface area contributed by atoms with E-state index < -0.39 is 0 Å². The third-order valence-corrected chi connectivity index (χ3v) is 6.81. The van der Waals surface area contributed by atoms with Crippen LogP contribution in [0.2, 0.25) is 0 Å². The van der Waals surface area contributed by atoms with Crippen molar-refractivity contribution in [3.8, 4) is 0 Å². The molecule has 154 valence electrons. The molecule has 0 aliphatic heterocycles. The van der Waals surface area contributed by atoms with E-state index in [2.05, 4.69) is 78.9 Å². The number of nitrogens with one attached hydrogen (secondary N) is 1. The minimum Gasteiger partial charge on any atom is -0.307 e. The number of benzene rings is 2. The summed E-state index contributed by atoms with van der Waals surface area (Å²) in [5.41, 5.74) is 4.87. The van der Waals surface area contributed by atoms with Crippen LogP contribution >= 0.6 is 24.8 Å². The van der Waals surface area contributed by atoms with Gasteiger partial charge in [-0.1, -0.05) is 54.6 Å². The SMILES string of the molecule is CN(C)C1(Cc2ccccc2)CCC(NC2CCc3ccccc32)CC1.Cl.Cl. The van der Waals surface area contributed by atoms with Gasteiger partial charge in [-0.2, -0.15) is 0 Å². The summed E-state index contributed by atoms with van der Waals surface area (Å²) in [6.45, 7) is 0. The predicted octanol–water partition coefficient (Wildman–Crippen LogP) is 5.59. The first kappa shape index (κ1) is 23.2. The maximum atomic E-state index is 4.00. The van der Waals surface area contributed by atoms with Crippen molar-refractivity contribution in [3.05, 3.63) is 71.3 Å². The Morgan fingerprint density at radius 3 is 2.21 bits per heavy atom. The van der Waals surface area contributed by atoms with Crippen LogP contribution < -0.4 is 5.32 Å². The lowest BCUT2D eigenvalue weighted by Gasteiger charge is -2.46. The number of hydrogen-bond donors (Lipinski definition) is 1. The molecule has 1 saturated carbocycles. The van der Waals surface area contributed by atoms with Gasteiger partial charge in [0.15, 0.2) is 0 Å². The first-order chi connectivity index (χ1) is 12.7. The molecule has 4 rings (SSSR count). The lowest BCUT2D eigenvalue weighted by molar-refractivity contribution is 0.0851. The fourth-order valence-electron chi connectivity index (χ4n) is 5.09. The highest BCUT2D eigenvalue weighted by atomic mass is 35.5. The highest BCUT2D eigenvalue weighted by molar-refractivity contribution is 5.85.